The lowest BCUT2D eigenvalue weighted by Gasteiger charge is -2.23. The molecule has 0 saturated heterocycles. The van der Waals surface area contributed by atoms with Crippen LogP contribution in [0, 0.1) is 6.92 Å². The van der Waals surface area contributed by atoms with E-state index in [2.05, 4.69) is 34.2 Å². The second-order valence-corrected chi connectivity index (χ2v) is 9.08. The molecule has 0 bridgehead atoms. The van der Waals surface area contributed by atoms with Gasteiger partial charge in [0.25, 0.3) is 5.91 Å². The Labute approximate surface area is 204 Å². The fraction of sp³-hybridized carbons (Fsp3) is 0.296. The van der Waals surface area contributed by atoms with E-state index in [1.54, 1.807) is 14.2 Å². The average molecular weight is 476 g/mol. The molecule has 0 atom stereocenters. The summed E-state index contributed by atoms with van der Waals surface area (Å²) in [5, 5.41) is 0.793. The zero-order valence-corrected chi connectivity index (χ0v) is 20.6. The molecular formula is C27H29N3O3S. The third kappa shape index (κ3) is 5.43. The molecule has 0 saturated carbocycles. The summed E-state index contributed by atoms with van der Waals surface area (Å²) < 4.78 is 10.7. The number of aryl methyl sites for hydroxylation is 1. The molecule has 0 unspecified atom stereocenters. The second kappa shape index (κ2) is 11.2. The Bertz CT molecular complexity index is 1200. The van der Waals surface area contributed by atoms with Crippen LogP contribution in [0.5, 0.6) is 5.88 Å². The van der Waals surface area contributed by atoms with Gasteiger partial charge in [0.2, 0.25) is 5.88 Å². The molecule has 0 radical (unpaired) electrons. The molecule has 4 aromatic rings. The van der Waals surface area contributed by atoms with E-state index in [-0.39, 0.29) is 12.5 Å². The zero-order valence-electron chi connectivity index (χ0n) is 19.8. The van der Waals surface area contributed by atoms with Gasteiger partial charge in [0.15, 0.2) is 5.82 Å². The van der Waals surface area contributed by atoms with Crippen molar-refractivity contribution in [2.75, 3.05) is 27.3 Å². The van der Waals surface area contributed by atoms with E-state index in [0.717, 1.165) is 28.6 Å². The highest BCUT2D eigenvalue weighted by molar-refractivity contribution is 7.20. The van der Waals surface area contributed by atoms with Crippen molar-refractivity contribution in [3.63, 3.8) is 0 Å². The summed E-state index contributed by atoms with van der Waals surface area (Å²) in [6.07, 6.45) is 1.60. The van der Waals surface area contributed by atoms with Gasteiger partial charge in [-0.2, -0.15) is 4.98 Å². The first-order valence-corrected chi connectivity index (χ1v) is 12.1. The highest BCUT2D eigenvalue weighted by atomic mass is 32.1. The van der Waals surface area contributed by atoms with Crippen molar-refractivity contribution in [3.8, 4) is 5.88 Å². The van der Waals surface area contributed by atoms with Crippen molar-refractivity contribution >= 4 is 27.5 Å². The largest absolute Gasteiger partial charge is 0.480 e. The molecule has 0 N–H and O–H groups in total. The molecule has 2 aromatic heterocycles. The maximum Gasteiger partial charge on any atom is 0.264 e. The lowest BCUT2D eigenvalue weighted by atomic mass is 10.1. The number of carbonyl (C=O) groups excluding carboxylic acids is 1. The lowest BCUT2D eigenvalue weighted by molar-refractivity contribution is 0.0763. The highest BCUT2D eigenvalue weighted by Crippen LogP contribution is 2.35. The summed E-state index contributed by atoms with van der Waals surface area (Å²) in [7, 11) is 3.19. The number of fused-ring (bicyclic) bond motifs is 1. The van der Waals surface area contributed by atoms with Gasteiger partial charge in [-0.15, -0.1) is 11.3 Å². The van der Waals surface area contributed by atoms with Crippen LogP contribution in [0.2, 0.25) is 0 Å². The van der Waals surface area contributed by atoms with Crippen molar-refractivity contribution in [3.05, 3.63) is 88.1 Å². The SMILES string of the molecule is COCc1nc(OC)c2c(C)c(C(=O)N(CCc3ccccc3)CCc3ccccc3)sc2n1. The van der Waals surface area contributed by atoms with E-state index in [1.165, 1.54) is 22.5 Å². The molecular weight excluding hydrogens is 446 g/mol. The van der Waals surface area contributed by atoms with Gasteiger partial charge < -0.3 is 14.4 Å². The van der Waals surface area contributed by atoms with E-state index in [0.29, 0.717) is 29.7 Å². The molecule has 0 fully saturated rings. The first-order chi connectivity index (χ1) is 16.6. The minimum atomic E-state index is 0.0164. The van der Waals surface area contributed by atoms with Crippen molar-refractivity contribution < 1.29 is 14.3 Å². The van der Waals surface area contributed by atoms with E-state index < -0.39 is 0 Å². The summed E-state index contributed by atoms with van der Waals surface area (Å²) in [6.45, 7) is 3.51. The van der Waals surface area contributed by atoms with Crippen molar-refractivity contribution in [2.45, 2.75) is 26.4 Å². The number of amides is 1. The van der Waals surface area contributed by atoms with Crippen LogP contribution in [-0.4, -0.2) is 48.1 Å². The number of aromatic nitrogens is 2. The lowest BCUT2D eigenvalue weighted by Crippen LogP contribution is -2.34. The molecule has 6 nitrogen and oxygen atoms in total. The van der Waals surface area contributed by atoms with Crippen LogP contribution in [0.25, 0.3) is 10.2 Å². The number of rotatable bonds is 10. The average Bonchev–Trinajstić information content (AvgIpc) is 3.21. The summed E-state index contributed by atoms with van der Waals surface area (Å²) in [5.41, 5.74) is 3.28. The van der Waals surface area contributed by atoms with Crippen molar-refractivity contribution in [2.24, 2.45) is 0 Å². The van der Waals surface area contributed by atoms with Crippen molar-refractivity contribution in [1.29, 1.82) is 0 Å². The van der Waals surface area contributed by atoms with Crippen LogP contribution in [0.3, 0.4) is 0 Å². The van der Waals surface area contributed by atoms with Crippen LogP contribution < -0.4 is 4.74 Å². The third-order valence-corrected chi connectivity index (χ3v) is 6.95. The fourth-order valence-corrected chi connectivity index (χ4v) is 5.12. The topological polar surface area (TPSA) is 64.6 Å². The normalized spacial score (nSPS) is 11.0. The van der Waals surface area contributed by atoms with Crippen LogP contribution in [-0.2, 0) is 24.2 Å². The first-order valence-electron chi connectivity index (χ1n) is 11.3. The monoisotopic (exact) mass is 475 g/mol. The predicted molar refractivity (Wildman–Crippen MR) is 136 cm³/mol. The number of ether oxygens (including phenoxy) is 2. The number of methoxy groups -OCH3 is 2. The number of carbonyl (C=O) groups is 1. The minimum absolute atomic E-state index is 0.0164. The molecule has 0 aliphatic heterocycles. The van der Waals surface area contributed by atoms with E-state index in [1.807, 2.05) is 48.2 Å². The Morgan fingerprint density at radius 3 is 2.03 bits per heavy atom. The Balaban J connectivity index is 1.64. The molecule has 0 spiro atoms. The van der Waals surface area contributed by atoms with Gasteiger partial charge in [-0.3, -0.25) is 4.79 Å². The molecule has 34 heavy (non-hydrogen) atoms. The number of benzene rings is 2. The van der Waals surface area contributed by atoms with Crippen LogP contribution in [0.15, 0.2) is 60.7 Å². The predicted octanol–water partition coefficient (Wildman–Crippen LogP) is 5.08. The molecule has 0 aliphatic carbocycles. The summed E-state index contributed by atoms with van der Waals surface area (Å²) in [6, 6.07) is 20.5. The standard InChI is InChI=1S/C27H29N3O3S/c1-19-23-25(33-3)28-22(18-32-2)29-26(23)34-24(19)27(31)30(16-14-20-10-6-4-7-11-20)17-15-21-12-8-5-9-13-21/h4-13H,14-18H2,1-3H3. The second-order valence-electron chi connectivity index (χ2n) is 8.08. The summed E-state index contributed by atoms with van der Waals surface area (Å²) in [4.78, 5) is 26.3. The molecule has 7 heteroatoms. The molecule has 2 heterocycles. The highest BCUT2D eigenvalue weighted by Gasteiger charge is 2.25. The van der Waals surface area contributed by atoms with Gasteiger partial charge in [0.05, 0.1) is 17.4 Å². The van der Waals surface area contributed by atoms with Gasteiger partial charge in [-0.1, -0.05) is 60.7 Å². The van der Waals surface area contributed by atoms with Gasteiger partial charge in [-0.05, 0) is 36.5 Å². The van der Waals surface area contributed by atoms with E-state index >= 15 is 0 Å². The Hall–Kier alpha value is -3.29. The Morgan fingerprint density at radius 2 is 1.50 bits per heavy atom. The fourth-order valence-electron chi connectivity index (χ4n) is 3.97. The zero-order chi connectivity index (χ0) is 23.9. The van der Waals surface area contributed by atoms with Gasteiger partial charge >= 0.3 is 0 Å². The van der Waals surface area contributed by atoms with Crippen molar-refractivity contribution in [1.82, 2.24) is 14.9 Å². The number of thiophene rings is 1. The third-order valence-electron chi connectivity index (χ3n) is 5.78. The molecule has 2 aromatic carbocycles. The van der Waals surface area contributed by atoms with Crippen LogP contribution in [0.1, 0.15) is 32.2 Å². The van der Waals surface area contributed by atoms with Crippen LogP contribution >= 0.6 is 11.3 Å². The quantitative estimate of drug-likeness (QED) is 0.320. The maximum absolute atomic E-state index is 13.8. The molecule has 1 amide bonds. The Morgan fingerprint density at radius 1 is 0.912 bits per heavy atom. The smallest absolute Gasteiger partial charge is 0.264 e. The molecule has 176 valence electrons. The van der Waals surface area contributed by atoms with Gasteiger partial charge in [-0.25, -0.2) is 4.98 Å². The molecule has 4 rings (SSSR count). The summed E-state index contributed by atoms with van der Waals surface area (Å²) >= 11 is 1.40. The van der Waals surface area contributed by atoms with E-state index in [4.69, 9.17) is 9.47 Å². The number of hydrogen-bond donors (Lipinski definition) is 0. The first kappa shape index (κ1) is 23.9. The summed E-state index contributed by atoms with van der Waals surface area (Å²) in [5.74, 6) is 1.03. The van der Waals surface area contributed by atoms with E-state index in [9.17, 15) is 4.79 Å². The maximum atomic E-state index is 13.8. The number of nitrogens with zero attached hydrogens (tertiary/aromatic N) is 3. The Kier molecular flexibility index (Phi) is 7.87. The molecule has 0 aliphatic rings. The minimum Gasteiger partial charge on any atom is -0.480 e. The van der Waals surface area contributed by atoms with Gasteiger partial charge in [0.1, 0.15) is 11.4 Å². The van der Waals surface area contributed by atoms with Gasteiger partial charge in [0, 0.05) is 20.2 Å². The number of hydrogen-bond acceptors (Lipinski definition) is 6. The van der Waals surface area contributed by atoms with Crippen LogP contribution in [0.4, 0.5) is 0 Å².